The molecule has 38 heavy (non-hydrogen) atoms. The van der Waals surface area contributed by atoms with Crippen LogP contribution in [0.2, 0.25) is 0 Å². The molecule has 4 aliphatic carbocycles. The summed E-state index contributed by atoms with van der Waals surface area (Å²) in [5.74, 6) is 1.12. The molecule has 0 saturated heterocycles. The molecule has 0 amide bonds. The van der Waals surface area contributed by atoms with E-state index >= 15 is 0 Å². The van der Waals surface area contributed by atoms with E-state index in [2.05, 4.69) is 98.8 Å². The number of fused-ring (bicyclic) bond motifs is 6. The van der Waals surface area contributed by atoms with Gasteiger partial charge < -0.3 is 0 Å². The number of hydrogen-bond acceptors (Lipinski definition) is 2. The van der Waals surface area contributed by atoms with Gasteiger partial charge in [0.05, 0.1) is 22.8 Å². The Labute approximate surface area is 224 Å². The molecule has 0 fully saturated rings. The van der Waals surface area contributed by atoms with Gasteiger partial charge in [0.2, 0.25) is 0 Å². The molecule has 0 aliphatic heterocycles. The number of aromatic nitrogens is 2. The Morgan fingerprint density at radius 2 is 1.26 bits per heavy atom. The van der Waals surface area contributed by atoms with E-state index < -0.39 is 0 Å². The molecule has 2 heteroatoms. The molecular weight excluding hydrogens is 460 g/mol. The second-order valence-corrected chi connectivity index (χ2v) is 11.5. The molecule has 2 atom stereocenters. The van der Waals surface area contributed by atoms with Gasteiger partial charge in [0.1, 0.15) is 0 Å². The highest BCUT2D eigenvalue weighted by molar-refractivity contribution is 6.25. The van der Waals surface area contributed by atoms with Crippen LogP contribution in [0.5, 0.6) is 0 Å². The number of benzene rings is 3. The van der Waals surface area contributed by atoms with Crippen LogP contribution in [0.4, 0.5) is 0 Å². The molecule has 3 aromatic carbocycles. The Bertz CT molecular complexity index is 1730. The lowest BCUT2D eigenvalue weighted by molar-refractivity contribution is 0.484. The normalized spacial score (nSPS) is 20.9. The summed E-state index contributed by atoms with van der Waals surface area (Å²) in [6, 6.07) is 28.6. The van der Waals surface area contributed by atoms with Gasteiger partial charge in [0.25, 0.3) is 0 Å². The minimum absolute atomic E-state index is 0.473. The highest BCUT2D eigenvalue weighted by Crippen LogP contribution is 2.61. The van der Waals surface area contributed by atoms with E-state index in [0.717, 1.165) is 36.2 Å². The van der Waals surface area contributed by atoms with Crippen molar-refractivity contribution in [3.8, 4) is 22.4 Å². The van der Waals surface area contributed by atoms with E-state index in [1.165, 1.54) is 67.9 Å². The predicted molar refractivity (Wildman–Crippen MR) is 156 cm³/mol. The zero-order valence-corrected chi connectivity index (χ0v) is 22.0. The van der Waals surface area contributed by atoms with Crippen LogP contribution in [0.25, 0.3) is 39.1 Å². The maximum atomic E-state index is 5.50. The average Bonchev–Trinajstić information content (AvgIpc) is 3.05. The van der Waals surface area contributed by atoms with Crippen molar-refractivity contribution in [2.45, 2.75) is 39.5 Å². The van der Waals surface area contributed by atoms with Crippen LogP contribution >= 0.6 is 0 Å². The minimum atomic E-state index is 0.473. The molecule has 0 radical (unpaired) electrons. The van der Waals surface area contributed by atoms with E-state index in [1.54, 1.807) is 0 Å². The summed E-state index contributed by atoms with van der Waals surface area (Å²) in [5.41, 5.74) is 17.9. The predicted octanol–water partition coefficient (Wildman–Crippen LogP) is 8.59. The molecule has 4 aromatic rings. The fraction of sp³-hybridized carbons (Fsp3) is 0.222. The summed E-state index contributed by atoms with van der Waals surface area (Å²) in [4.78, 5) is 10.9. The van der Waals surface area contributed by atoms with Crippen LogP contribution in [-0.4, -0.2) is 9.97 Å². The molecule has 0 spiro atoms. The van der Waals surface area contributed by atoms with Crippen molar-refractivity contribution < 1.29 is 0 Å². The van der Waals surface area contributed by atoms with Gasteiger partial charge in [0.15, 0.2) is 0 Å². The van der Waals surface area contributed by atoms with Crippen molar-refractivity contribution in [1.29, 1.82) is 0 Å². The van der Waals surface area contributed by atoms with Crippen LogP contribution in [-0.2, 0) is 12.8 Å². The lowest BCUT2D eigenvalue weighted by Gasteiger charge is -2.37. The lowest BCUT2D eigenvalue weighted by atomic mass is 9.66. The smallest absolute Gasteiger partial charge is 0.0978 e. The van der Waals surface area contributed by atoms with E-state index in [0.29, 0.717) is 11.8 Å². The van der Waals surface area contributed by atoms with Crippen molar-refractivity contribution in [2.75, 3.05) is 0 Å². The van der Waals surface area contributed by atoms with Crippen LogP contribution in [0.15, 0.2) is 96.1 Å². The van der Waals surface area contributed by atoms with Crippen molar-refractivity contribution in [1.82, 2.24) is 9.97 Å². The second-order valence-electron chi connectivity index (χ2n) is 11.5. The molecule has 0 saturated carbocycles. The number of rotatable bonds is 2. The highest BCUT2D eigenvalue weighted by atomic mass is 14.9. The molecule has 1 heterocycles. The number of allylic oxidation sites excluding steroid dienone is 6. The molecule has 2 unspecified atom stereocenters. The maximum absolute atomic E-state index is 5.50. The Hall–Kier alpha value is -4.04. The van der Waals surface area contributed by atoms with Gasteiger partial charge in [-0.25, -0.2) is 9.97 Å². The third-order valence-corrected chi connectivity index (χ3v) is 8.80. The van der Waals surface area contributed by atoms with Gasteiger partial charge in [-0.05, 0) is 76.5 Å². The third-order valence-electron chi connectivity index (χ3n) is 8.80. The van der Waals surface area contributed by atoms with E-state index in [9.17, 15) is 0 Å². The van der Waals surface area contributed by atoms with Gasteiger partial charge in [-0.2, -0.15) is 0 Å². The Balaban J connectivity index is 1.45. The molecule has 0 bridgehead atoms. The largest absolute Gasteiger partial charge is 0.249 e. The summed E-state index contributed by atoms with van der Waals surface area (Å²) in [7, 11) is 0. The van der Waals surface area contributed by atoms with Gasteiger partial charge in [-0.1, -0.05) is 98.8 Å². The third kappa shape index (κ3) is 3.13. The molecule has 2 nitrogen and oxygen atoms in total. The molecule has 4 aliphatic rings. The molecule has 0 N–H and O–H groups in total. The average molecular weight is 491 g/mol. The number of nitrogens with zero attached hydrogens (tertiary/aromatic N) is 2. The first-order valence-corrected chi connectivity index (χ1v) is 14.0. The monoisotopic (exact) mass is 490 g/mol. The van der Waals surface area contributed by atoms with Gasteiger partial charge in [0, 0.05) is 16.7 Å². The van der Waals surface area contributed by atoms with Crippen LogP contribution < -0.4 is 0 Å². The van der Waals surface area contributed by atoms with Gasteiger partial charge in [-0.3, -0.25) is 0 Å². The summed E-state index contributed by atoms with van der Waals surface area (Å²) >= 11 is 0. The molecule has 1 aromatic heterocycles. The summed E-state index contributed by atoms with van der Waals surface area (Å²) in [6.07, 6.45) is 6.77. The fourth-order valence-electron chi connectivity index (χ4n) is 7.04. The van der Waals surface area contributed by atoms with Crippen molar-refractivity contribution in [3.05, 3.63) is 124 Å². The van der Waals surface area contributed by atoms with E-state index in [1.807, 2.05) is 0 Å². The summed E-state index contributed by atoms with van der Waals surface area (Å²) < 4.78 is 0. The van der Waals surface area contributed by atoms with E-state index in [-0.39, 0.29) is 0 Å². The summed E-state index contributed by atoms with van der Waals surface area (Å²) in [6.45, 7) is 4.70. The van der Waals surface area contributed by atoms with Crippen LogP contribution in [0.1, 0.15) is 54.9 Å². The first-order valence-electron chi connectivity index (χ1n) is 14.0. The zero-order valence-electron chi connectivity index (χ0n) is 22.0. The van der Waals surface area contributed by atoms with E-state index in [4.69, 9.17) is 9.97 Å². The quantitative estimate of drug-likeness (QED) is 0.281. The van der Waals surface area contributed by atoms with Crippen molar-refractivity contribution in [3.63, 3.8) is 0 Å². The first-order chi connectivity index (χ1) is 18.7. The minimum Gasteiger partial charge on any atom is -0.249 e. The molecular formula is C36H30N2. The lowest BCUT2D eigenvalue weighted by Crippen LogP contribution is -2.22. The van der Waals surface area contributed by atoms with Gasteiger partial charge in [-0.15, -0.1) is 0 Å². The summed E-state index contributed by atoms with van der Waals surface area (Å²) in [5, 5.41) is 0. The molecule has 184 valence electrons. The first kappa shape index (κ1) is 22.0. The number of aryl methyl sites for hydroxylation is 1. The van der Waals surface area contributed by atoms with Crippen LogP contribution in [0.3, 0.4) is 0 Å². The maximum Gasteiger partial charge on any atom is 0.0978 e. The SMILES string of the molecule is CC1C=C2C3=C(C1)C(c1nc4c(nc1-c1ccccc1)CCC(C)C4)=C3c1ccccc1-c1ccccc12. The topological polar surface area (TPSA) is 25.8 Å². The Morgan fingerprint density at radius 3 is 2.05 bits per heavy atom. The standard InChI is InChI=1S/C36H30N2/c1-21-16-17-30-31(20-21)38-36(35(37-30)23-10-4-3-5-11-23)34-29-19-22(2)18-28-26-14-7-6-12-24(26)25-13-8-9-15-27(25)33(34)32(28)29/h3-15,18,21-22H,16-17,19-20H2,1-2H3. The second kappa shape index (κ2) is 8.23. The Morgan fingerprint density at radius 1 is 0.605 bits per heavy atom. The number of hydrogen-bond donors (Lipinski definition) is 0. The van der Waals surface area contributed by atoms with Crippen molar-refractivity contribution >= 4 is 16.7 Å². The highest BCUT2D eigenvalue weighted by Gasteiger charge is 2.41. The zero-order chi connectivity index (χ0) is 25.4. The fourth-order valence-corrected chi connectivity index (χ4v) is 7.04. The van der Waals surface area contributed by atoms with Gasteiger partial charge >= 0.3 is 0 Å². The molecule has 8 rings (SSSR count). The Kier molecular flexibility index (Phi) is 4.76. The van der Waals surface area contributed by atoms with Crippen molar-refractivity contribution in [2.24, 2.45) is 11.8 Å². The van der Waals surface area contributed by atoms with Crippen LogP contribution in [0, 0.1) is 11.8 Å².